The second kappa shape index (κ2) is 9.53. The third-order valence-corrected chi connectivity index (χ3v) is 4.11. The van der Waals surface area contributed by atoms with Crippen LogP contribution in [-0.4, -0.2) is 43.4 Å². The van der Waals surface area contributed by atoms with Gasteiger partial charge >= 0.3 is 0 Å². The minimum absolute atomic E-state index is 0.0940. The van der Waals surface area contributed by atoms with Crippen molar-refractivity contribution in [3.63, 3.8) is 0 Å². The summed E-state index contributed by atoms with van der Waals surface area (Å²) in [5.41, 5.74) is 1.82. The normalized spacial score (nSPS) is 15.7. The first-order valence-electron chi connectivity index (χ1n) is 8.60. The standard InChI is InChI=1S/C18H28N2O3/c1-2-3-6-13-23-14-18(22)19-16-7-4-5-8-17(16)20-11-9-15(21)10-12-20/h4-5,7-8,15,21H,2-3,6,9-14H2,1H3,(H,19,22). The summed E-state index contributed by atoms with van der Waals surface area (Å²) in [6, 6.07) is 7.81. The van der Waals surface area contributed by atoms with E-state index in [2.05, 4.69) is 17.1 Å². The van der Waals surface area contributed by atoms with Gasteiger partial charge < -0.3 is 20.1 Å². The molecule has 1 aromatic rings. The van der Waals surface area contributed by atoms with E-state index in [0.717, 1.165) is 56.6 Å². The van der Waals surface area contributed by atoms with Crippen molar-refractivity contribution in [3.8, 4) is 0 Å². The average molecular weight is 320 g/mol. The molecule has 0 saturated carbocycles. The number of nitrogens with one attached hydrogen (secondary N) is 1. The van der Waals surface area contributed by atoms with Crippen LogP contribution in [0.25, 0.3) is 0 Å². The molecule has 2 N–H and O–H groups in total. The fourth-order valence-corrected chi connectivity index (χ4v) is 2.77. The molecule has 1 saturated heterocycles. The molecule has 2 rings (SSSR count). The number of nitrogens with zero attached hydrogens (tertiary/aromatic N) is 1. The highest BCUT2D eigenvalue weighted by molar-refractivity contribution is 5.95. The monoisotopic (exact) mass is 320 g/mol. The number of anilines is 2. The van der Waals surface area contributed by atoms with Crippen molar-refractivity contribution < 1.29 is 14.6 Å². The predicted molar refractivity (Wildman–Crippen MR) is 92.9 cm³/mol. The Morgan fingerprint density at radius 2 is 2.04 bits per heavy atom. The highest BCUT2D eigenvalue weighted by Gasteiger charge is 2.19. The second-order valence-electron chi connectivity index (χ2n) is 6.04. The number of amides is 1. The zero-order chi connectivity index (χ0) is 16.5. The number of carbonyl (C=O) groups is 1. The van der Waals surface area contributed by atoms with Gasteiger partial charge in [0.1, 0.15) is 6.61 Å². The largest absolute Gasteiger partial charge is 0.393 e. The number of hydrogen-bond acceptors (Lipinski definition) is 4. The molecule has 0 spiro atoms. The first-order valence-corrected chi connectivity index (χ1v) is 8.60. The number of para-hydroxylation sites is 2. The van der Waals surface area contributed by atoms with Gasteiger partial charge in [-0.1, -0.05) is 31.9 Å². The van der Waals surface area contributed by atoms with E-state index in [1.165, 1.54) is 0 Å². The summed E-state index contributed by atoms with van der Waals surface area (Å²) in [6.45, 7) is 4.48. The maximum absolute atomic E-state index is 12.0. The van der Waals surface area contributed by atoms with E-state index < -0.39 is 0 Å². The van der Waals surface area contributed by atoms with Crippen molar-refractivity contribution in [2.24, 2.45) is 0 Å². The lowest BCUT2D eigenvalue weighted by Crippen LogP contribution is -2.36. The molecule has 1 heterocycles. The van der Waals surface area contributed by atoms with E-state index >= 15 is 0 Å². The maximum Gasteiger partial charge on any atom is 0.250 e. The Labute approximate surface area is 138 Å². The molecule has 0 radical (unpaired) electrons. The fraction of sp³-hybridized carbons (Fsp3) is 0.611. The van der Waals surface area contributed by atoms with Crippen LogP contribution in [-0.2, 0) is 9.53 Å². The van der Waals surface area contributed by atoms with Gasteiger partial charge in [-0.2, -0.15) is 0 Å². The number of hydrogen-bond donors (Lipinski definition) is 2. The lowest BCUT2D eigenvalue weighted by atomic mass is 10.1. The van der Waals surface area contributed by atoms with Crippen LogP contribution in [0.1, 0.15) is 39.0 Å². The first kappa shape index (κ1) is 17.8. The number of piperidine rings is 1. The number of aliphatic hydroxyl groups is 1. The quantitative estimate of drug-likeness (QED) is 0.723. The van der Waals surface area contributed by atoms with Gasteiger partial charge in [0.25, 0.3) is 0 Å². The van der Waals surface area contributed by atoms with Gasteiger partial charge in [0.15, 0.2) is 0 Å². The third-order valence-electron chi connectivity index (χ3n) is 4.11. The molecule has 0 aliphatic carbocycles. The van der Waals surface area contributed by atoms with Crippen LogP contribution in [0.5, 0.6) is 0 Å². The van der Waals surface area contributed by atoms with E-state index in [0.29, 0.717) is 6.61 Å². The van der Waals surface area contributed by atoms with E-state index in [1.54, 1.807) is 0 Å². The third kappa shape index (κ3) is 5.84. The van der Waals surface area contributed by atoms with Crippen LogP contribution >= 0.6 is 0 Å². The van der Waals surface area contributed by atoms with Crippen molar-refractivity contribution in [1.29, 1.82) is 0 Å². The number of benzene rings is 1. The fourth-order valence-electron chi connectivity index (χ4n) is 2.77. The van der Waals surface area contributed by atoms with E-state index in [1.807, 2.05) is 24.3 Å². The Balaban J connectivity index is 1.86. The highest BCUT2D eigenvalue weighted by Crippen LogP contribution is 2.28. The van der Waals surface area contributed by atoms with Crippen LogP contribution < -0.4 is 10.2 Å². The molecule has 1 amide bonds. The van der Waals surface area contributed by atoms with Crippen molar-refractivity contribution in [1.82, 2.24) is 0 Å². The van der Waals surface area contributed by atoms with Gasteiger partial charge in [-0.25, -0.2) is 0 Å². The second-order valence-corrected chi connectivity index (χ2v) is 6.04. The molecule has 0 unspecified atom stereocenters. The Hall–Kier alpha value is -1.59. The molecule has 1 fully saturated rings. The Kier molecular flexibility index (Phi) is 7.36. The van der Waals surface area contributed by atoms with Crippen molar-refractivity contribution in [2.75, 3.05) is 36.5 Å². The Morgan fingerprint density at radius 1 is 1.30 bits per heavy atom. The Morgan fingerprint density at radius 3 is 2.78 bits per heavy atom. The lowest BCUT2D eigenvalue weighted by Gasteiger charge is -2.32. The van der Waals surface area contributed by atoms with Gasteiger partial charge in [-0.3, -0.25) is 4.79 Å². The van der Waals surface area contributed by atoms with Crippen molar-refractivity contribution in [2.45, 2.75) is 45.1 Å². The molecule has 5 heteroatoms. The molecule has 128 valence electrons. The molecule has 5 nitrogen and oxygen atoms in total. The summed E-state index contributed by atoms with van der Waals surface area (Å²) >= 11 is 0. The summed E-state index contributed by atoms with van der Waals surface area (Å²) in [4.78, 5) is 14.3. The number of rotatable bonds is 8. The highest BCUT2D eigenvalue weighted by atomic mass is 16.5. The van der Waals surface area contributed by atoms with Gasteiger partial charge in [-0.15, -0.1) is 0 Å². The van der Waals surface area contributed by atoms with Gasteiger partial charge in [0.2, 0.25) is 5.91 Å². The minimum Gasteiger partial charge on any atom is -0.393 e. The van der Waals surface area contributed by atoms with Crippen molar-refractivity contribution in [3.05, 3.63) is 24.3 Å². The molecule has 23 heavy (non-hydrogen) atoms. The summed E-state index contributed by atoms with van der Waals surface area (Å²) in [7, 11) is 0. The molecule has 1 aliphatic heterocycles. The number of aliphatic hydroxyl groups excluding tert-OH is 1. The van der Waals surface area contributed by atoms with E-state index in [4.69, 9.17) is 4.74 Å². The van der Waals surface area contributed by atoms with Gasteiger partial charge in [0, 0.05) is 19.7 Å². The van der Waals surface area contributed by atoms with Crippen LogP contribution in [0, 0.1) is 0 Å². The minimum atomic E-state index is -0.204. The zero-order valence-corrected chi connectivity index (χ0v) is 14.0. The van der Waals surface area contributed by atoms with Crippen LogP contribution in [0.4, 0.5) is 11.4 Å². The predicted octanol–water partition coefficient (Wildman–Crippen LogP) is 2.79. The molecule has 0 bridgehead atoms. The van der Waals surface area contributed by atoms with Crippen LogP contribution in [0.2, 0.25) is 0 Å². The van der Waals surface area contributed by atoms with Crippen LogP contribution in [0.3, 0.4) is 0 Å². The zero-order valence-electron chi connectivity index (χ0n) is 14.0. The maximum atomic E-state index is 12.0. The van der Waals surface area contributed by atoms with E-state index in [9.17, 15) is 9.90 Å². The van der Waals surface area contributed by atoms with Gasteiger partial charge in [-0.05, 0) is 31.4 Å². The van der Waals surface area contributed by atoms with Gasteiger partial charge in [0.05, 0.1) is 17.5 Å². The number of carbonyl (C=O) groups excluding carboxylic acids is 1. The SMILES string of the molecule is CCCCCOCC(=O)Nc1ccccc1N1CCC(O)CC1. The first-order chi connectivity index (χ1) is 11.2. The summed E-state index contributed by atoms with van der Waals surface area (Å²) < 4.78 is 5.41. The molecule has 1 aliphatic rings. The molecular formula is C18H28N2O3. The number of unbranched alkanes of at least 4 members (excludes halogenated alkanes) is 2. The molecule has 0 aromatic heterocycles. The molecule has 1 aromatic carbocycles. The van der Waals surface area contributed by atoms with Crippen LogP contribution in [0.15, 0.2) is 24.3 Å². The summed E-state index contributed by atoms with van der Waals surface area (Å²) in [5, 5.41) is 12.6. The van der Waals surface area contributed by atoms with Crippen molar-refractivity contribution >= 4 is 17.3 Å². The smallest absolute Gasteiger partial charge is 0.250 e. The molecule has 0 atom stereocenters. The topological polar surface area (TPSA) is 61.8 Å². The Bertz CT molecular complexity index is 485. The average Bonchev–Trinajstić information content (AvgIpc) is 2.56. The number of ether oxygens (including phenoxy) is 1. The summed E-state index contributed by atoms with van der Waals surface area (Å²) in [5.74, 6) is -0.119. The summed E-state index contributed by atoms with van der Waals surface area (Å²) in [6.07, 6.45) is 4.60. The van der Waals surface area contributed by atoms with E-state index in [-0.39, 0.29) is 18.6 Å². The lowest BCUT2D eigenvalue weighted by molar-refractivity contribution is -0.120. The molecular weight excluding hydrogens is 292 g/mol.